The van der Waals surface area contributed by atoms with Crippen molar-refractivity contribution in [2.24, 2.45) is 5.41 Å². The molecule has 1 saturated carbocycles. The molecule has 1 amide bonds. The minimum atomic E-state index is -0.515. The highest BCUT2D eigenvalue weighted by molar-refractivity contribution is 6.05. The fourth-order valence-electron chi connectivity index (χ4n) is 5.16. The molecule has 0 aliphatic heterocycles. The Labute approximate surface area is 173 Å². The Balaban J connectivity index is 1.48. The number of amides is 1. The zero-order valence-electron chi connectivity index (χ0n) is 17.1. The molecule has 2 bridgehead atoms. The zero-order chi connectivity index (χ0) is 21.3. The predicted molar refractivity (Wildman–Crippen MR) is 114 cm³/mol. The number of carbonyl (C=O) groups excluding carboxylic acids is 1. The molecule has 0 spiro atoms. The van der Waals surface area contributed by atoms with E-state index in [1.165, 1.54) is 18.2 Å². The number of hydrogen-bond acceptors (Lipinski definition) is 5. The van der Waals surface area contributed by atoms with E-state index in [4.69, 9.17) is 9.97 Å². The standard InChI is InChI=1S/C23H22N4O3/c1-22(2)16-9-10-23(22,3)20-19(16)25-18-12-14(7-8-17(18)26-20)24-21(28)13-5-4-6-15(11-13)27(29)30/h4-8,11-12,16H,9-10H2,1-3H3,(H,24,28). The van der Waals surface area contributed by atoms with Crippen LogP contribution in [0.2, 0.25) is 0 Å². The number of carbonyl (C=O) groups is 1. The molecule has 7 nitrogen and oxygen atoms in total. The number of fused-ring (bicyclic) bond motifs is 6. The highest BCUT2D eigenvalue weighted by atomic mass is 16.6. The van der Waals surface area contributed by atoms with Crippen molar-refractivity contribution in [1.29, 1.82) is 0 Å². The van der Waals surface area contributed by atoms with Crippen molar-refractivity contribution in [3.63, 3.8) is 0 Å². The van der Waals surface area contributed by atoms with Crippen molar-refractivity contribution in [2.75, 3.05) is 5.32 Å². The molecule has 1 heterocycles. The predicted octanol–water partition coefficient (Wildman–Crippen LogP) is 4.97. The van der Waals surface area contributed by atoms with E-state index < -0.39 is 10.8 Å². The topological polar surface area (TPSA) is 98.0 Å². The van der Waals surface area contributed by atoms with Gasteiger partial charge >= 0.3 is 0 Å². The molecule has 2 aliphatic rings. The van der Waals surface area contributed by atoms with Gasteiger partial charge in [0, 0.05) is 34.7 Å². The summed E-state index contributed by atoms with van der Waals surface area (Å²) in [5.41, 5.74) is 4.64. The summed E-state index contributed by atoms with van der Waals surface area (Å²) < 4.78 is 0. The first-order valence-corrected chi connectivity index (χ1v) is 10.1. The van der Waals surface area contributed by atoms with Gasteiger partial charge in [0.15, 0.2) is 0 Å². The fraction of sp³-hybridized carbons (Fsp3) is 0.348. The van der Waals surface area contributed by atoms with Crippen LogP contribution in [-0.2, 0) is 5.41 Å². The van der Waals surface area contributed by atoms with Gasteiger partial charge in [0.25, 0.3) is 11.6 Å². The van der Waals surface area contributed by atoms with Crippen LogP contribution in [0.1, 0.15) is 61.3 Å². The number of hydrogen-bond donors (Lipinski definition) is 1. The Kier molecular flexibility index (Phi) is 3.78. The fourth-order valence-corrected chi connectivity index (χ4v) is 5.16. The molecule has 3 aromatic rings. The molecule has 2 atom stereocenters. The smallest absolute Gasteiger partial charge is 0.270 e. The zero-order valence-corrected chi connectivity index (χ0v) is 17.1. The third kappa shape index (κ3) is 2.47. The van der Waals surface area contributed by atoms with Crippen molar-refractivity contribution in [3.05, 3.63) is 69.5 Å². The largest absolute Gasteiger partial charge is 0.322 e. The molecule has 0 saturated heterocycles. The molecule has 1 aromatic heterocycles. The number of anilines is 1. The number of rotatable bonds is 3. The lowest BCUT2D eigenvalue weighted by Crippen LogP contribution is -2.31. The lowest BCUT2D eigenvalue weighted by Gasteiger charge is -2.34. The van der Waals surface area contributed by atoms with Crippen LogP contribution in [-0.4, -0.2) is 20.8 Å². The molecule has 7 heteroatoms. The van der Waals surface area contributed by atoms with E-state index in [1.54, 1.807) is 12.1 Å². The quantitative estimate of drug-likeness (QED) is 0.493. The Morgan fingerprint density at radius 3 is 2.70 bits per heavy atom. The maximum absolute atomic E-state index is 12.6. The van der Waals surface area contributed by atoms with Crippen molar-refractivity contribution in [3.8, 4) is 0 Å². The van der Waals surface area contributed by atoms with Crippen LogP contribution in [0.5, 0.6) is 0 Å². The van der Waals surface area contributed by atoms with Gasteiger partial charge in [-0.15, -0.1) is 0 Å². The highest BCUT2D eigenvalue weighted by Gasteiger charge is 2.61. The number of benzene rings is 2. The minimum Gasteiger partial charge on any atom is -0.322 e. The number of nitro benzene ring substituents is 1. The maximum atomic E-state index is 12.6. The average molecular weight is 402 g/mol. The molecule has 2 aliphatic carbocycles. The maximum Gasteiger partial charge on any atom is 0.270 e. The first-order valence-electron chi connectivity index (χ1n) is 10.1. The summed E-state index contributed by atoms with van der Waals surface area (Å²) in [5.74, 6) is -0.00242. The first-order chi connectivity index (χ1) is 14.2. The second-order valence-electron chi connectivity index (χ2n) is 9.07. The SMILES string of the molecule is CC12CCC(c3nc4cc(NC(=O)c5cccc([N+](=O)[O-])c5)ccc4nc31)C2(C)C. The monoisotopic (exact) mass is 402 g/mol. The first kappa shape index (κ1) is 18.7. The summed E-state index contributed by atoms with van der Waals surface area (Å²) in [6, 6.07) is 11.2. The normalized spacial score (nSPS) is 23.4. The summed E-state index contributed by atoms with van der Waals surface area (Å²) in [6.45, 7) is 6.92. The molecular formula is C23H22N4O3. The summed E-state index contributed by atoms with van der Waals surface area (Å²) in [6.07, 6.45) is 2.26. The molecular weight excluding hydrogens is 380 g/mol. The van der Waals surface area contributed by atoms with Gasteiger partial charge in [-0.1, -0.05) is 26.8 Å². The lowest BCUT2D eigenvalue weighted by molar-refractivity contribution is -0.384. The van der Waals surface area contributed by atoms with Crippen LogP contribution >= 0.6 is 0 Å². The van der Waals surface area contributed by atoms with Crippen LogP contribution in [0.15, 0.2) is 42.5 Å². The van der Waals surface area contributed by atoms with Crippen molar-refractivity contribution < 1.29 is 9.72 Å². The van der Waals surface area contributed by atoms with Gasteiger partial charge in [0.1, 0.15) is 0 Å². The van der Waals surface area contributed by atoms with Gasteiger partial charge in [0.05, 0.1) is 27.3 Å². The molecule has 30 heavy (non-hydrogen) atoms. The summed E-state index contributed by atoms with van der Waals surface area (Å²) in [4.78, 5) is 32.9. The van der Waals surface area contributed by atoms with Crippen LogP contribution in [0.4, 0.5) is 11.4 Å². The Bertz CT molecular complexity index is 1240. The van der Waals surface area contributed by atoms with Crippen molar-refractivity contribution in [2.45, 2.75) is 44.9 Å². The molecule has 152 valence electrons. The molecule has 1 N–H and O–H groups in total. The number of aromatic nitrogens is 2. The molecule has 2 unspecified atom stereocenters. The molecule has 2 aromatic carbocycles. The van der Waals surface area contributed by atoms with E-state index in [1.807, 2.05) is 12.1 Å². The average Bonchev–Trinajstić information content (AvgIpc) is 3.04. The van der Waals surface area contributed by atoms with E-state index in [0.29, 0.717) is 11.6 Å². The third-order valence-corrected chi connectivity index (χ3v) is 7.35. The van der Waals surface area contributed by atoms with E-state index >= 15 is 0 Å². The number of non-ortho nitro benzene ring substituents is 1. The van der Waals surface area contributed by atoms with Gasteiger partial charge in [-0.25, -0.2) is 9.97 Å². The highest BCUT2D eigenvalue weighted by Crippen LogP contribution is 2.66. The van der Waals surface area contributed by atoms with Gasteiger partial charge in [-0.05, 0) is 42.5 Å². The molecule has 0 radical (unpaired) electrons. The number of nitrogens with one attached hydrogen (secondary N) is 1. The van der Waals surface area contributed by atoms with Crippen molar-refractivity contribution in [1.82, 2.24) is 9.97 Å². The van der Waals surface area contributed by atoms with E-state index in [9.17, 15) is 14.9 Å². The summed E-state index contributed by atoms with van der Waals surface area (Å²) in [5, 5.41) is 13.8. The second-order valence-corrected chi connectivity index (χ2v) is 9.07. The number of nitrogens with zero attached hydrogens (tertiary/aromatic N) is 3. The molecule has 5 rings (SSSR count). The Morgan fingerprint density at radius 2 is 1.93 bits per heavy atom. The van der Waals surface area contributed by atoms with Gasteiger partial charge in [-0.3, -0.25) is 14.9 Å². The van der Waals surface area contributed by atoms with E-state index in [2.05, 4.69) is 26.1 Å². The lowest BCUT2D eigenvalue weighted by atomic mass is 9.70. The van der Waals surface area contributed by atoms with Gasteiger partial charge in [-0.2, -0.15) is 0 Å². The summed E-state index contributed by atoms with van der Waals surface area (Å²) >= 11 is 0. The number of nitro groups is 1. The van der Waals surface area contributed by atoms with Gasteiger partial charge in [0.2, 0.25) is 0 Å². The van der Waals surface area contributed by atoms with Crippen molar-refractivity contribution >= 4 is 28.3 Å². The second kappa shape index (κ2) is 6.08. The van der Waals surface area contributed by atoms with Gasteiger partial charge < -0.3 is 5.32 Å². The third-order valence-electron chi connectivity index (χ3n) is 7.35. The van der Waals surface area contributed by atoms with Crippen LogP contribution < -0.4 is 5.32 Å². The molecule has 1 fully saturated rings. The van der Waals surface area contributed by atoms with E-state index in [0.717, 1.165) is 35.3 Å². The van der Waals surface area contributed by atoms with E-state index in [-0.39, 0.29) is 22.1 Å². The Morgan fingerprint density at radius 1 is 1.13 bits per heavy atom. The minimum absolute atomic E-state index is 0.0447. The summed E-state index contributed by atoms with van der Waals surface area (Å²) in [7, 11) is 0. The van der Waals surface area contributed by atoms with Crippen LogP contribution in [0.3, 0.4) is 0 Å². The Hall–Kier alpha value is -3.35. The van der Waals surface area contributed by atoms with Crippen LogP contribution in [0, 0.1) is 15.5 Å². The van der Waals surface area contributed by atoms with Crippen LogP contribution in [0.25, 0.3) is 11.0 Å².